The summed E-state index contributed by atoms with van der Waals surface area (Å²) in [5.41, 5.74) is 7.76. The van der Waals surface area contributed by atoms with E-state index in [0.717, 1.165) is 33.5 Å². The first kappa shape index (κ1) is 11.9. The molecule has 2 aromatic rings. The van der Waals surface area contributed by atoms with Crippen LogP contribution in [0.2, 0.25) is 0 Å². The van der Waals surface area contributed by atoms with Crippen molar-refractivity contribution in [1.82, 2.24) is 9.97 Å². The maximum Gasteiger partial charge on any atom is 0.126 e. The lowest BCUT2D eigenvalue weighted by molar-refractivity contribution is 0.896. The van der Waals surface area contributed by atoms with Gasteiger partial charge in [-0.15, -0.1) is 0 Å². The Kier molecular flexibility index (Phi) is 3.64. The summed E-state index contributed by atoms with van der Waals surface area (Å²) in [7, 11) is 0. The van der Waals surface area contributed by atoms with E-state index < -0.39 is 0 Å². The highest BCUT2D eigenvalue weighted by Gasteiger charge is 2.05. The molecule has 0 fully saturated rings. The van der Waals surface area contributed by atoms with Crippen molar-refractivity contribution in [3.05, 3.63) is 41.9 Å². The number of rotatable bonds is 3. The quantitative estimate of drug-likeness (QED) is 0.667. The SMILES string of the molecule is CCc1cc(Sc2ccccc2N)nc(C)n1. The van der Waals surface area contributed by atoms with E-state index in [9.17, 15) is 0 Å². The number of nitrogen functional groups attached to an aromatic ring is 1. The molecule has 0 spiro atoms. The molecule has 1 aromatic heterocycles. The number of anilines is 1. The van der Waals surface area contributed by atoms with Gasteiger partial charge >= 0.3 is 0 Å². The molecule has 0 aliphatic rings. The Morgan fingerprint density at radius 2 is 2.00 bits per heavy atom. The summed E-state index contributed by atoms with van der Waals surface area (Å²) in [4.78, 5) is 9.81. The third kappa shape index (κ3) is 2.97. The Labute approximate surface area is 105 Å². The molecule has 88 valence electrons. The van der Waals surface area contributed by atoms with Gasteiger partial charge in [-0.3, -0.25) is 0 Å². The zero-order valence-electron chi connectivity index (χ0n) is 9.97. The first-order valence-electron chi connectivity index (χ1n) is 5.56. The molecular formula is C13H15N3S. The minimum atomic E-state index is 0.784. The molecule has 2 rings (SSSR count). The van der Waals surface area contributed by atoms with E-state index in [-0.39, 0.29) is 0 Å². The monoisotopic (exact) mass is 245 g/mol. The zero-order chi connectivity index (χ0) is 12.3. The second-order valence-electron chi connectivity index (χ2n) is 3.74. The molecule has 0 saturated carbocycles. The molecule has 4 heteroatoms. The minimum absolute atomic E-state index is 0.784. The van der Waals surface area contributed by atoms with Gasteiger partial charge in [0, 0.05) is 16.3 Å². The van der Waals surface area contributed by atoms with Gasteiger partial charge in [0.25, 0.3) is 0 Å². The van der Waals surface area contributed by atoms with Crippen molar-refractivity contribution in [3.8, 4) is 0 Å². The molecule has 0 amide bonds. The first-order valence-corrected chi connectivity index (χ1v) is 6.37. The highest BCUT2D eigenvalue weighted by Crippen LogP contribution is 2.30. The predicted molar refractivity (Wildman–Crippen MR) is 71.1 cm³/mol. The van der Waals surface area contributed by atoms with E-state index >= 15 is 0 Å². The van der Waals surface area contributed by atoms with Crippen LogP contribution in [0.5, 0.6) is 0 Å². The number of nitrogens with zero attached hydrogens (tertiary/aromatic N) is 2. The van der Waals surface area contributed by atoms with Crippen LogP contribution in [0.3, 0.4) is 0 Å². The summed E-state index contributed by atoms with van der Waals surface area (Å²) >= 11 is 1.58. The summed E-state index contributed by atoms with van der Waals surface area (Å²) < 4.78 is 0. The third-order valence-corrected chi connectivity index (χ3v) is 3.37. The maximum absolute atomic E-state index is 5.91. The average Bonchev–Trinajstić information content (AvgIpc) is 2.31. The van der Waals surface area contributed by atoms with Crippen LogP contribution >= 0.6 is 11.8 Å². The summed E-state index contributed by atoms with van der Waals surface area (Å²) in [6.45, 7) is 4.00. The number of para-hydroxylation sites is 1. The smallest absolute Gasteiger partial charge is 0.126 e. The number of aryl methyl sites for hydroxylation is 2. The second kappa shape index (κ2) is 5.19. The van der Waals surface area contributed by atoms with Crippen LogP contribution in [-0.4, -0.2) is 9.97 Å². The standard InChI is InChI=1S/C13H15N3S/c1-3-10-8-13(16-9(2)15-10)17-12-7-5-4-6-11(12)14/h4-8H,3,14H2,1-2H3. The van der Waals surface area contributed by atoms with Crippen LogP contribution < -0.4 is 5.73 Å². The van der Waals surface area contributed by atoms with Crippen LogP contribution in [0.4, 0.5) is 5.69 Å². The molecule has 0 saturated heterocycles. The molecule has 0 aliphatic heterocycles. The Hall–Kier alpha value is -1.55. The van der Waals surface area contributed by atoms with E-state index in [1.165, 1.54) is 0 Å². The maximum atomic E-state index is 5.91. The molecule has 0 unspecified atom stereocenters. The fourth-order valence-electron chi connectivity index (χ4n) is 1.52. The van der Waals surface area contributed by atoms with E-state index in [4.69, 9.17) is 5.73 Å². The third-order valence-electron chi connectivity index (χ3n) is 2.36. The molecule has 2 N–H and O–H groups in total. The molecule has 0 aliphatic carbocycles. The summed E-state index contributed by atoms with van der Waals surface area (Å²) in [6, 6.07) is 9.83. The lowest BCUT2D eigenvalue weighted by atomic mass is 10.3. The lowest BCUT2D eigenvalue weighted by Gasteiger charge is -2.06. The molecular weight excluding hydrogens is 230 g/mol. The van der Waals surface area contributed by atoms with Crippen molar-refractivity contribution in [1.29, 1.82) is 0 Å². The Morgan fingerprint density at radius 3 is 2.71 bits per heavy atom. The second-order valence-corrected chi connectivity index (χ2v) is 4.80. The normalized spacial score (nSPS) is 10.5. The summed E-state index contributed by atoms with van der Waals surface area (Å²) in [5.74, 6) is 0.807. The van der Waals surface area contributed by atoms with Gasteiger partial charge in [0.05, 0.1) is 0 Å². The van der Waals surface area contributed by atoms with Gasteiger partial charge in [0.2, 0.25) is 0 Å². The van der Waals surface area contributed by atoms with Crippen molar-refractivity contribution < 1.29 is 0 Å². The highest BCUT2D eigenvalue weighted by molar-refractivity contribution is 7.99. The van der Waals surface area contributed by atoms with E-state index in [2.05, 4.69) is 16.9 Å². The number of benzene rings is 1. The van der Waals surface area contributed by atoms with Crippen molar-refractivity contribution in [2.24, 2.45) is 0 Å². The zero-order valence-corrected chi connectivity index (χ0v) is 10.8. The topological polar surface area (TPSA) is 51.8 Å². The van der Waals surface area contributed by atoms with Crippen LogP contribution in [0.1, 0.15) is 18.4 Å². The van der Waals surface area contributed by atoms with Crippen molar-refractivity contribution in [2.45, 2.75) is 30.2 Å². The average molecular weight is 245 g/mol. The largest absolute Gasteiger partial charge is 0.398 e. The number of hydrogen-bond acceptors (Lipinski definition) is 4. The van der Waals surface area contributed by atoms with Crippen molar-refractivity contribution in [3.63, 3.8) is 0 Å². The van der Waals surface area contributed by atoms with Crippen LogP contribution in [0, 0.1) is 6.92 Å². The Balaban J connectivity index is 2.30. The fraction of sp³-hybridized carbons (Fsp3) is 0.231. The van der Waals surface area contributed by atoms with E-state index in [1.54, 1.807) is 11.8 Å². The Morgan fingerprint density at radius 1 is 1.24 bits per heavy atom. The lowest BCUT2D eigenvalue weighted by Crippen LogP contribution is -1.96. The van der Waals surface area contributed by atoms with Gasteiger partial charge < -0.3 is 5.73 Å². The van der Waals surface area contributed by atoms with Gasteiger partial charge in [-0.05, 0) is 31.5 Å². The minimum Gasteiger partial charge on any atom is -0.398 e. The first-order chi connectivity index (χ1) is 8.19. The molecule has 1 aromatic carbocycles. The number of nitrogens with two attached hydrogens (primary N) is 1. The van der Waals surface area contributed by atoms with Gasteiger partial charge in [0.15, 0.2) is 0 Å². The molecule has 0 bridgehead atoms. The molecule has 0 radical (unpaired) electrons. The van der Waals surface area contributed by atoms with Crippen LogP contribution in [0.25, 0.3) is 0 Å². The fourth-order valence-corrected chi connectivity index (χ4v) is 2.45. The molecule has 17 heavy (non-hydrogen) atoms. The molecule has 1 heterocycles. The van der Waals surface area contributed by atoms with E-state index in [0.29, 0.717) is 0 Å². The van der Waals surface area contributed by atoms with Crippen molar-refractivity contribution >= 4 is 17.4 Å². The molecule has 0 atom stereocenters. The van der Waals surface area contributed by atoms with Gasteiger partial charge in [-0.2, -0.15) is 0 Å². The highest BCUT2D eigenvalue weighted by atomic mass is 32.2. The molecule has 3 nitrogen and oxygen atoms in total. The number of aromatic nitrogens is 2. The Bertz CT molecular complexity index is 526. The van der Waals surface area contributed by atoms with Crippen molar-refractivity contribution in [2.75, 3.05) is 5.73 Å². The van der Waals surface area contributed by atoms with Crippen LogP contribution in [0.15, 0.2) is 40.3 Å². The van der Waals surface area contributed by atoms with E-state index in [1.807, 2.05) is 37.3 Å². The summed E-state index contributed by atoms with van der Waals surface area (Å²) in [5, 5.41) is 0.951. The number of hydrogen-bond donors (Lipinski definition) is 1. The summed E-state index contributed by atoms with van der Waals surface area (Å²) in [6.07, 6.45) is 0.918. The van der Waals surface area contributed by atoms with Gasteiger partial charge in [-0.1, -0.05) is 30.8 Å². The van der Waals surface area contributed by atoms with Gasteiger partial charge in [-0.25, -0.2) is 9.97 Å². The van der Waals surface area contributed by atoms with Gasteiger partial charge in [0.1, 0.15) is 10.9 Å². The van der Waals surface area contributed by atoms with Crippen LogP contribution in [-0.2, 0) is 6.42 Å². The predicted octanol–water partition coefficient (Wildman–Crippen LogP) is 3.08.